The molecular weight excluding hydrogens is 214 g/mol. The Balaban J connectivity index is 1.58. The Kier molecular flexibility index (Phi) is 2.93. The van der Waals surface area contributed by atoms with Crippen LogP contribution in [0.3, 0.4) is 0 Å². The molecule has 3 nitrogen and oxygen atoms in total. The minimum atomic E-state index is 0.355. The first kappa shape index (κ1) is 10.9. The van der Waals surface area contributed by atoms with Gasteiger partial charge in [0.25, 0.3) is 0 Å². The van der Waals surface area contributed by atoms with Crippen LogP contribution >= 0.6 is 0 Å². The lowest BCUT2D eigenvalue weighted by atomic mass is 10.2. The summed E-state index contributed by atoms with van der Waals surface area (Å²) in [6.45, 7) is 3.50. The van der Waals surface area contributed by atoms with E-state index in [-0.39, 0.29) is 0 Å². The molecule has 0 spiro atoms. The molecule has 1 N–H and O–H groups in total. The van der Waals surface area contributed by atoms with Gasteiger partial charge in [-0.25, -0.2) is 0 Å². The van der Waals surface area contributed by atoms with E-state index in [2.05, 4.69) is 18.3 Å². The quantitative estimate of drug-likeness (QED) is 0.848. The van der Waals surface area contributed by atoms with Gasteiger partial charge in [-0.1, -0.05) is 25.5 Å². The molecule has 3 rings (SSSR count). The summed E-state index contributed by atoms with van der Waals surface area (Å²) >= 11 is 0. The zero-order chi connectivity index (χ0) is 11.7. The second kappa shape index (κ2) is 4.57. The SMILES string of the molecule is CCCC1CC1NCc1cccc2c1OCO2. The largest absolute Gasteiger partial charge is 0.454 e. The molecule has 17 heavy (non-hydrogen) atoms. The fourth-order valence-electron chi connectivity index (χ4n) is 2.56. The summed E-state index contributed by atoms with van der Waals surface area (Å²) in [7, 11) is 0. The van der Waals surface area contributed by atoms with Crippen LogP contribution in [-0.4, -0.2) is 12.8 Å². The maximum absolute atomic E-state index is 5.49. The highest BCUT2D eigenvalue weighted by atomic mass is 16.7. The topological polar surface area (TPSA) is 30.5 Å². The van der Waals surface area contributed by atoms with Gasteiger partial charge in [0.05, 0.1) is 0 Å². The molecular formula is C14H19NO2. The molecule has 92 valence electrons. The van der Waals surface area contributed by atoms with Crippen molar-refractivity contribution in [2.45, 2.75) is 38.8 Å². The van der Waals surface area contributed by atoms with Gasteiger partial charge < -0.3 is 14.8 Å². The van der Waals surface area contributed by atoms with Gasteiger partial charge in [0, 0.05) is 18.2 Å². The van der Waals surface area contributed by atoms with E-state index in [0.717, 1.165) is 24.0 Å². The van der Waals surface area contributed by atoms with E-state index in [9.17, 15) is 0 Å². The average molecular weight is 233 g/mol. The van der Waals surface area contributed by atoms with Gasteiger partial charge in [0.2, 0.25) is 6.79 Å². The van der Waals surface area contributed by atoms with Crippen LogP contribution in [0.5, 0.6) is 11.5 Å². The van der Waals surface area contributed by atoms with E-state index in [4.69, 9.17) is 9.47 Å². The molecule has 2 aliphatic rings. The van der Waals surface area contributed by atoms with Crippen molar-refractivity contribution in [1.82, 2.24) is 5.32 Å². The zero-order valence-corrected chi connectivity index (χ0v) is 10.2. The van der Waals surface area contributed by atoms with Gasteiger partial charge in [-0.3, -0.25) is 0 Å². The van der Waals surface area contributed by atoms with E-state index >= 15 is 0 Å². The van der Waals surface area contributed by atoms with E-state index in [1.807, 2.05) is 12.1 Å². The minimum absolute atomic E-state index is 0.355. The van der Waals surface area contributed by atoms with Crippen LogP contribution in [0.4, 0.5) is 0 Å². The standard InChI is InChI=1S/C14H19NO2/c1-2-4-10-7-12(10)15-8-11-5-3-6-13-14(11)17-9-16-13/h3,5-6,10,12,15H,2,4,7-9H2,1H3. The molecule has 0 radical (unpaired) electrons. The molecule has 0 saturated heterocycles. The van der Waals surface area contributed by atoms with Crippen molar-refractivity contribution in [3.8, 4) is 11.5 Å². The summed E-state index contributed by atoms with van der Waals surface area (Å²) in [6, 6.07) is 6.81. The molecule has 1 heterocycles. The first-order valence-electron chi connectivity index (χ1n) is 6.49. The summed E-state index contributed by atoms with van der Waals surface area (Å²) < 4.78 is 10.9. The molecule has 0 amide bonds. The van der Waals surface area contributed by atoms with Gasteiger partial charge in [-0.15, -0.1) is 0 Å². The first-order valence-corrected chi connectivity index (χ1v) is 6.49. The summed E-state index contributed by atoms with van der Waals surface area (Å²) in [6.07, 6.45) is 3.98. The fraction of sp³-hybridized carbons (Fsp3) is 0.571. The Morgan fingerprint density at radius 1 is 1.35 bits per heavy atom. The second-order valence-electron chi connectivity index (χ2n) is 4.92. The molecule has 1 aliphatic carbocycles. The Labute approximate surface area is 102 Å². The Morgan fingerprint density at radius 2 is 2.29 bits per heavy atom. The Hall–Kier alpha value is -1.22. The number of hydrogen-bond acceptors (Lipinski definition) is 3. The van der Waals surface area contributed by atoms with Crippen LogP contribution in [0.2, 0.25) is 0 Å². The van der Waals surface area contributed by atoms with Gasteiger partial charge in [-0.05, 0) is 24.8 Å². The van der Waals surface area contributed by atoms with Crippen molar-refractivity contribution < 1.29 is 9.47 Å². The smallest absolute Gasteiger partial charge is 0.231 e. The summed E-state index contributed by atoms with van der Waals surface area (Å²) in [5, 5.41) is 3.60. The molecule has 1 aromatic rings. The predicted octanol–water partition coefficient (Wildman–Crippen LogP) is 2.69. The van der Waals surface area contributed by atoms with E-state index in [0.29, 0.717) is 12.8 Å². The van der Waals surface area contributed by atoms with Crippen molar-refractivity contribution >= 4 is 0 Å². The highest BCUT2D eigenvalue weighted by molar-refractivity contribution is 5.48. The van der Waals surface area contributed by atoms with E-state index < -0.39 is 0 Å². The maximum Gasteiger partial charge on any atom is 0.231 e. The number of benzene rings is 1. The molecule has 1 aliphatic heterocycles. The number of fused-ring (bicyclic) bond motifs is 1. The first-order chi connectivity index (χ1) is 8.38. The molecule has 1 aromatic carbocycles. The third-order valence-corrected chi connectivity index (χ3v) is 3.61. The minimum Gasteiger partial charge on any atom is -0.454 e. The van der Waals surface area contributed by atoms with Crippen molar-refractivity contribution in [2.75, 3.05) is 6.79 Å². The lowest BCUT2D eigenvalue weighted by Crippen LogP contribution is -2.17. The average Bonchev–Trinajstić information content (AvgIpc) is 2.90. The summed E-state index contributed by atoms with van der Waals surface area (Å²) in [5.74, 6) is 2.70. The molecule has 1 fully saturated rings. The van der Waals surface area contributed by atoms with Crippen LogP contribution in [-0.2, 0) is 6.54 Å². The molecule has 2 atom stereocenters. The van der Waals surface area contributed by atoms with Crippen LogP contribution in [0, 0.1) is 5.92 Å². The van der Waals surface area contributed by atoms with Gasteiger partial charge in [0.15, 0.2) is 11.5 Å². The molecule has 2 unspecified atom stereocenters. The third-order valence-electron chi connectivity index (χ3n) is 3.61. The lowest BCUT2D eigenvalue weighted by molar-refractivity contribution is 0.173. The predicted molar refractivity (Wildman–Crippen MR) is 66.2 cm³/mol. The van der Waals surface area contributed by atoms with Crippen molar-refractivity contribution in [3.63, 3.8) is 0 Å². The van der Waals surface area contributed by atoms with Crippen LogP contribution in [0.1, 0.15) is 31.7 Å². The molecule has 0 bridgehead atoms. The highest BCUT2D eigenvalue weighted by Crippen LogP contribution is 2.37. The van der Waals surface area contributed by atoms with Crippen LogP contribution in [0.15, 0.2) is 18.2 Å². The third kappa shape index (κ3) is 2.25. The Bertz CT molecular complexity index is 405. The highest BCUT2D eigenvalue weighted by Gasteiger charge is 2.35. The van der Waals surface area contributed by atoms with Crippen LogP contribution < -0.4 is 14.8 Å². The number of para-hydroxylation sites is 1. The Morgan fingerprint density at radius 3 is 3.18 bits per heavy atom. The zero-order valence-electron chi connectivity index (χ0n) is 10.2. The summed E-state index contributed by atoms with van der Waals surface area (Å²) in [5.41, 5.74) is 1.21. The maximum atomic E-state index is 5.49. The number of ether oxygens (including phenoxy) is 2. The number of hydrogen-bond donors (Lipinski definition) is 1. The van der Waals surface area contributed by atoms with Gasteiger partial charge >= 0.3 is 0 Å². The lowest BCUT2D eigenvalue weighted by Gasteiger charge is -2.07. The van der Waals surface area contributed by atoms with Gasteiger partial charge in [0.1, 0.15) is 0 Å². The van der Waals surface area contributed by atoms with Crippen molar-refractivity contribution in [1.29, 1.82) is 0 Å². The summed E-state index contributed by atoms with van der Waals surface area (Å²) in [4.78, 5) is 0. The van der Waals surface area contributed by atoms with Crippen molar-refractivity contribution in [3.05, 3.63) is 23.8 Å². The second-order valence-corrected chi connectivity index (χ2v) is 4.92. The number of nitrogens with one attached hydrogen (secondary N) is 1. The molecule has 0 aromatic heterocycles. The van der Waals surface area contributed by atoms with E-state index in [1.165, 1.54) is 24.8 Å². The monoisotopic (exact) mass is 233 g/mol. The van der Waals surface area contributed by atoms with Gasteiger partial charge in [-0.2, -0.15) is 0 Å². The number of rotatable bonds is 5. The van der Waals surface area contributed by atoms with Crippen molar-refractivity contribution in [2.24, 2.45) is 5.92 Å². The normalized spacial score (nSPS) is 25.0. The van der Waals surface area contributed by atoms with Crippen LogP contribution in [0.25, 0.3) is 0 Å². The molecule has 3 heteroatoms. The fourth-order valence-corrected chi connectivity index (χ4v) is 2.56. The van der Waals surface area contributed by atoms with E-state index in [1.54, 1.807) is 0 Å². The molecule has 1 saturated carbocycles.